The molecule has 0 radical (unpaired) electrons. The standard InChI is InChI=1S/C14H12N4O/c15-13-12-10(8-3-1-4-9(19)7-8)5-2-6-11(12)17-14(16)18-13/h1-7,19H,(H4,15,16,17,18). The number of aromatic nitrogens is 2. The van der Waals surface area contributed by atoms with Crippen LogP contribution in [0.1, 0.15) is 0 Å². The lowest BCUT2D eigenvalue weighted by Gasteiger charge is -2.09. The second kappa shape index (κ2) is 4.13. The molecule has 0 saturated carbocycles. The fourth-order valence-corrected chi connectivity index (χ4v) is 2.14. The number of benzene rings is 2. The van der Waals surface area contributed by atoms with E-state index < -0.39 is 0 Å². The van der Waals surface area contributed by atoms with Gasteiger partial charge in [-0.05, 0) is 29.3 Å². The van der Waals surface area contributed by atoms with Gasteiger partial charge in [0.25, 0.3) is 0 Å². The zero-order chi connectivity index (χ0) is 13.4. The van der Waals surface area contributed by atoms with E-state index in [1.54, 1.807) is 18.2 Å². The van der Waals surface area contributed by atoms with Gasteiger partial charge in [0.05, 0.1) is 10.9 Å². The van der Waals surface area contributed by atoms with E-state index >= 15 is 0 Å². The number of nitrogen functional groups attached to an aromatic ring is 2. The van der Waals surface area contributed by atoms with Gasteiger partial charge in [-0.1, -0.05) is 24.3 Å². The number of nitrogens with two attached hydrogens (primary N) is 2. The molecular formula is C14H12N4O. The molecule has 0 spiro atoms. The molecule has 0 amide bonds. The quantitative estimate of drug-likeness (QED) is 0.616. The average molecular weight is 252 g/mol. The molecule has 2 aromatic carbocycles. The Morgan fingerprint density at radius 3 is 2.53 bits per heavy atom. The van der Waals surface area contributed by atoms with E-state index in [0.717, 1.165) is 16.5 Å². The summed E-state index contributed by atoms with van der Waals surface area (Å²) in [7, 11) is 0. The Morgan fingerprint density at radius 1 is 0.947 bits per heavy atom. The Labute approximate surface area is 109 Å². The lowest BCUT2D eigenvalue weighted by Crippen LogP contribution is -2.01. The van der Waals surface area contributed by atoms with Crippen molar-refractivity contribution in [2.24, 2.45) is 0 Å². The van der Waals surface area contributed by atoms with Crippen molar-refractivity contribution in [2.45, 2.75) is 0 Å². The van der Waals surface area contributed by atoms with Crippen LogP contribution in [0.2, 0.25) is 0 Å². The first-order valence-electron chi connectivity index (χ1n) is 5.76. The molecule has 0 fully saturated rings. The third-order valence-corrected chi connectivity index (χ3v) is 2.93. The molecule has 0 atom stereocenters. The number of fused-ring (bicyclic) bond motifs is 1. The summed E-state index contributed by atoms with van der Waals surface area (Å²) in [4.78, 5) is 8.16. The van der Waals surface area contributed by atoms with Gasteiger partial charge < -0.3 is 16.6 Å². The predicted molar refractivity (Wildman–Crippen MR) is 75.5 cm³/mol. The second-order valence-corrected chi connectivity index (χ2v) is 4.22. The molecule has 1 heterocycles. The van der Waals surface area contributed by atoms with Crippen LogP contribution in [0.5, 0.6) is 5.75 Å². The van der Waals surface area contributed by atoms with Crippen molar-refractivity contribution in [1.29, 1.82) is 0 Å². The zero-order valence-corrected chi connectivity index (χ0v) is 10.0. The van der Waals surface area contributed by atoms with Crippen LogP contribution in [0, 0.1) is 0 Å². The maximum absolute atomic E-state index is 9.58. The molecule has 3 rings (SSSR count). The van der Waals surface area contributed by atoms with Crippen LogP contribution in [0.15, 0.2) is 42.5 Å². The third kappa shape index (κ3) is 1.91. The van der Waals surface area contributed by atoms with Crippen LogP contribution in [0.3, 0.4) is 0 Å². The second-order valence-electron chi connectivity index (χ2n) is 4.22. The monoisotopic (exact) mass is 252 g/mol. The number of nitrogens with zero attached hydrogens (tertiary/aromatic N) is 2. The van der Waals surface area contributed by atoms with Gasteiger partial charge in [-0.15, -0.1) is 0 Å². The molecule has 94 valence electrons. The number of anilines is 2. The van der Waals surface area contributed by atoms with Crippen LogP contribution in [-0.2, 0) is 0 Å². The minimum absolute atomic E-state index is 0.151. The van der Waals surface area contributed by atoms with E-state index in [-0.39, 0.29) is 11.7 Å². The summed E-state index contributed by atoms with van der Waals surface area (Å²) in [5.74, 6) is 0.684. The van der Waals surface area contributed by atoms with Crippen molar-refractivity contribution >= 4 is 22.7 Å². The van der Waals surface area contributed by atoms with Crippen LogP contribution in [0.25, 0.3) is 22.0 Å². The van der Waals surface area contributed by atoms with Gasteiger partial charge in [0.15, 0.2) is 0 Å². The van der Waals surface area contributed by atoms with E-state index in [1.165, 1.54) is 0 Å². The van der Waals surface area contributed by atoms with E-state index in [4.69, 9.17) is 11.5 Å². The van der Waals surface area contributed by atoms with Crippen molar-refractivity contribution in [3.8, 4) is 16.9 Å². The molecule has 0 unspecified atom stereocenters. The van der Waals surface area contributed by atoms with Gasteiger partial charge in [0.2, 0.25) is 5.95 Å². The number of aromatic hydroxyl groups is 1. The highest BCUT2D eigenvalue weighted by Gasteiger charge is 2.10. The molecule has 19 heavy (non-hydrogen) atoms. The molecule has 3 aromatic rings. The average Bonchev–Trinajstić information content (AvgIpc) is 2.37. The van der Waals surface area contributed by atoms with Crippen molar-refractivity contribution < 1.29 is 5.11 Å². The molecule has 0 saturated heterocycles. The minimum atomic E-state index is 0.151. The molecule has 5 N–H and O–H groups in total. The predicted octanol–water partition coefficient (Wildman–Crippen LogP) is 2.17. The lowest BCUT2D eigenvalue weighted by atomic mass is 10.0. The molecule has 0 aliphatic rings. The van der Waals surface area contributed by atoms with Gasteiger partial charge in [-0.2, -0.15) is 4.98 Å². The largest absolute Gasteiger partial charge is 0.508 e. The van der Waals surface area contributed by atoms with E-state index in [9.17, 15) is 5.11 Å². The molecule has 0 aliphatic carbocycles. The Hall–Kier alpha value is -2.82. The summed E-state index contributed by atoms with van der Waals surface area (Å²) in [5.41, 5.74) is 13.9. The van der Waals surface area contributed by atoms with Gasteiger partial charge in [0.1, 0.15) is 11.6 Å². The van der Waals surface area contributed by atoms with Crippen molar-refractivity contribution in [2.75, 3.05) is 11.5 Å². The summed E-state index contributed by atoms with van der Waals surface area (Å²) >= 11 is 0. The van der Waals surface area contributed by atoms with Gasteiger partial charge in [-0.3, -0.25) is 0 Å². The molecule has 1 aromatic heterocycles. The van der Waals surface area contributed by atoms with Crippen molar-refractivity contribution in [3.05, 3.63) is 42.5 Å². The van der Waals surface area contributed by atoms with Crippen LogP contribution in [-0.4, -0.2) is 15.1 Å². The van der Waals surface area contributed by atoms with Gasteiger partial charge in [-0.25, -0.2) is 4.98 Å². The Morgan fingerprint density at radius 2 is 1.74 bits per heavy atom. The Bertz CT molecular complexity index is 770. The Kier molecular flexibility index (Phi) is 2.45. The van der Waals surface area contributed by atoms with Gasteiger partial charge in [0, 0.05) is 0 Å². The number of hydrogen-bond acceptors (Lipinski definition) is 5. The zero-order valence-electron chi connectivity index (χ0n) is 10.0. The fourth-order valence-electron chi connectivity index (χ4n) is 2.14. The van der Waals surface area contributed by atoms with E-state index in [0.29, 0.717) is 11.3 Å². The molecule has 5 nitrogen and oxygen atoms in total. The number of phenolic OH excluding ortho intramolecular Hbond substituents is 1. The summed E-state index contributed by atoms with van der Waals surface area (Å²) in [6.45, 7) is 0. The number of rotatable bonds is 1. The highest BCUT2D eigenvalue weighted by Crippen LogP contribution is 2.32. The first-order chi connectivity index (χ1) is 9.15. The van der Waals surface area contributed by atoms with Gasteiger partial charge >= 0.3 is 0 Å². The summed E-state index contributed by atoms with van der Waals surface area (Å²) < 4.78 is 0. The van der Waals surface area contributed by atoms with E-state index in [2.05, 4.69) is 9.97 Å². The maximum atomic E-state index is 9.58. The van der Waals surface area contributed by atoms with E-state index in [1.807, 2.05) is 24.3 Å². The van der Waals surface area contributed by atoms with Crippen LogP contribution in [0.4, 0.5) is 11.8 Å². The molecule has 0 bridgehead atoms. The first kappa shape index (κ1) is 11.3. The minimum Gasteiger partial charge on any atom is -0.508 e. The number of hydrogen-bond donors (Lipinski definition) is 3. The lowest BCUT2D eigenvalue weighted by molar-refractivity contribution is 0.475. The van der Waals surface area contributed by atoms with Crippen LogP contribution >= 0.6 is 0 Å². The van der Waals surface area contributed by atoms with Crippen molar-refractivity contribution in [3.63, 3.8) is 0 Å². The number of phenols is 1. The summed E-state index contributed by atoms with van der Waals surface area (Å²) in [6.07, 6.45) is 0. The molecule has 5 heteroatoms. The SMILES string of the molecule is Nc1nc(N)c2c(-c3cccc(O)c3)cccc2n1. The molecule has 0 aliphatic heterocycles. The first-order valence-corrected chi connectivity index (χ1v) is 5.76. The smallest absolute Gasteiger partial charge is 0.222 e. The fraction of sp³-hybridized carbons (Fsp3) is 0. The Balaban J connectivity index is 2.36. The maximum Gasteiger partial charge on any atom is 0.222 e. The summed E-state index contributed by atoms with van der Waals surface area (Å²) in [5, 5.41) is 10.3. The third-order valence-electron chi connectivity index (χ3n) is 2.93. The topological polar surface area (TPSA) is 98.0 Å². The summed E-state index contributed by atoms with van der Waals surface area (Å²) in [6, 6.07) is 12.6. The normalized spacial score (nSPS) is 10.7. The highest BCUT2D eigenvalue weighted by atomic mass is 16.3. The van der Waals surface area contributed by atoms with Crippen LogP contribution < -0.4 is 11.5 Å². The van der Waals surface area contributed by atoms with Crippen molar-refractivity contribution in [1.82, 2.24) is 9.97 Å². The highest BCUT2D eigenvalue weighted by molar-refractivity contribution is 6.01. The molecular weight excluding hydrogens is 240 g/mol.